The molecule has 0 saturated carbocycles. The second-order valence-electron chi connectivity index (χ2n) is 4.55. The van der Waals surface area contributed by atoms with Crippen LogP contribution < -0.4 is 14.8 Å². The van der Waals surface area contributed by atoms with Gasteiger partial charge in [-0.25, -0.2) is 0 Å². The Morgan fingerprint density at radius 3 is 2.71 bits per heavy atom. The molecule has 0 unspecified atom stereocenters. The van der Waals surface area contributed by atoms with E-state index in [-0.39, 0.29) is 5.75 Å². The lowest BCUT2D eigenvalue weighted by Crippen LogP contribution is -2.26. The molecule has 0 spiro atoms. The van der Waals surface area contributed by atoms with Crippen molar-refractivity contribution >= 4 is 0 Å². The van der Waals surface area contributed by atoms with Crippen LogP contribution >= 0.6 is 0 Å². The third-order valence-electron chi connectivity index (χ3n) is 3.49. The predicted octanol–water partition coefficient (Wildman–Crippen LogP) is 1.63. The summed E-state index contributed by atoms with van der Waals surface area (Å²) in [6.45, 7) is 3.09. The lowest BCUT2D eigenvalue weighted by atomic mass is 9.89. The maximum Gasteiger partial charge on any atom is 0.203 e. The van der Waals surface area contributed by atoms with Crippen molar-refractivity contribution in [2.75, 3.05) is 26.3 Å². The summed E-state index contributed by atoms with van der Waals surface area (Å²) in [5.74, 6) is 1.87. The summed E-state index contributed by atoms with van der Waals surface area (Å²) in [4.78, 5) is 0. The van der Waals surface area contributed by atoms with E-state index in [1.807, 2.05) is 12.1 Å². The molecular formula is C13H17NO3. The molecule has 0 aliphatic carbocycles. The number of benzene rings is 1. The normalized spacial score (nSPS) is 20.2. The van der Waals surface area contributed by atoms with Crippen LogP contribution in [-0.2, 0) is 0 Å². The van der Waals surface area contributed by atoms with Gasteiger partial charge < -0.3 is 19.9 Å². The first-order valence-electron chi connectivity index (χ1n) is 6.18. The van der Waals surface area contributed by atoms with Gasteiger partial charge in [-0.2, -0.15) is 0 Å². The molecular weight excluding hydrogens is 218 g/mol. The highest BCUT2D eigenvalue weighted by molar-refractivity contribution is 5.56. The summed E-state index contributed by atoms with van der Waals surface area (Å²) in [5, 5.41) is 13.6. The molecule has 92 valence electrons. The van der Waals surface area contributed by atoms with Gasteiger partial charge in [-0.05, 0) is 37.9 Å². The Morgan fingerprint density at radius 2 is 1.88 bits per heavy atom. The molecule has 1 aromatic carbocycles. The zero-order valence-corrected chi connectivity index (χ0v) is 9.74. The number of ether oxygens (including phenoxy) is 2. The summed E-state index contributed by atoms with van der Waals surface area (Å²) < 4.78 is 10.9. The molecule has 0 radical (unpaired) electrons. The Hall–Kier alpha value is -1.42. The zero-order chi connectivity index (χ0) is 11.7. The van der Waals surface area contributed by atoms with E-state index >= 15 is 0 Å². The number of piperidine rings is 1. The Kier molecular flexibility index (Phi) is 2.81. The molecule has 0 aromatic heterocycles. The first-order valence-corrected chi connectivity index (χ1v) is 6.18. The number of hydrogen-bond acceptors (Lipinski definition) is 4. The van der Waals surface area contributed by atoms with E-state index in [1.165, 1.54) is 0 Å². The van der Waals surface area contributed by atoms with Crippen molar-refractivity contribution < 1.29 is 14.6 Å². The maximum atomic E-state index is 10.3. The molecule has 2 heterocycles. The summed E-state index contributed by atoms with van der Waals surface area (Å²) in [6.07, 6.45) is 2.13. The molecule has 1 fully saturated rings. The molecule has 2 aliphatic rings. The third-order valence-corrected chi connectivity index (χ3v) is 3.49. The highest BCUT2D eigenvalue weighted by atomic mass is 16.6. The van der Waals surface area contributed by atoms with E-state index in [0.717, 1.165) is 31.5 Å². The van der Waals surface area contributed by atoms with Crippen LogP contribution in [0.2, 0.25) is 0 Å². The standard InChI is InChI=1S/C13H17NO3/c15-12-10(9-3-5-14-6-4-9)1-2-11-13(12)17-8-7-16-11/h1-2,9,14-15H,3-8H2. The van der Waals surface area contributed by atoms with Gasteiger partial charge in [0.15, 0.2) is 11.5 Å². The van der Waals surface area contributed by atoms with Crippen molar-refractivity contribution in [2.45, 2.75) is 18.8 Å². The van der Waals surface area contributed by atoms with Gasteiger partial charge in [-0.15, -0.1) is 0 Å². The summed E-state index contributed by atoms with van der Waals surface area (Å²) in [6, 6.07) is 3.88. The average Bonchev–Trinajstić information content (AvgIpc) is 2.40. The fraction of sp³-hybridized carbons (Fsp3) is 0.538. The number of nitrogens with one attached hydrogen (secondary N) is 1. The van der Waals surface area contributed by atoms with Crippen LogP contribution in [0.5, 0.6) is 17.2 Å². The number of fused-ring (bicyclic) bond motifs is 1. The lowest BCUT2D eigenvalue weighted by molar-refractivity contribution is 0.165. The molecule has 2 N–H and O–H groups in total. The minimum atomic E-state index is 0.272. The van der Waals surface area contributed by atoms with Crippen LogP contribution in [0.25, 0.3) is 0 Å². The molecule has 1 saturated heterocycles. The average molecular weight is 235 g/mol. The predicted molar refractivity (Wildman–Crippen MR) is 63.9 cm³/mol. The maximum absolute atomic E-state index is 10.3. The largest absolute Gasteiger partial charge is 0.504 e. The van der Waals surface area contributed by atoms with Gasteiger partial charge in [0.25, 0.3) is 0 Å². The number of phenols is 1. The van der Waals surface area contributed by atoms with Gasteiger partial charge >= 0.3 is 0 Å². The quantitative estimate of drug-likeness (QED) is 0.776. The smallest absolute Gasteiger partial charge is 0.203 e. The van der Waals surface area contributed by atoms with Crippen molar-refractivity contribution in [1.29, 1.82) is 0 Å². The van der Waals surface area contributed by atoms with E-state index in [2.05, 4.69) is 5.32 Å². The fourth-order valence-corrected chi connectivity index (χ4v) is 2.58. The van der Waals surface area contributed by atoms with Crippen molar-refractivity contribution in [2.24, 2.45) is 0 Å². The first-order chi connectivity index (χ1) is 8.36. The van der Waals surface area contributed by atoms with Gasteiger partial charge in [0.05, 0.1) is 0 Å². The van der Waals surface area contributed by atoms with Crippen molar-refractivity contribution in [3.05, 3.63) is 17.7 Å². The second kappa shape index (κ2) is 4.45. The lowest BCUT2D eigenvalue weighted by Gasteiger charge is -2.26. The van der Waals surface area contributed by atoms with Crippen molar-refractivity contribution in [3.63, 3.8) is 0 Å². The fourth-order valence-electron chi connectivity index (χ4n) is 2.58. The zero-order valence-electron chi connectivity index (χ0n) is 9.74. The van der Waals surface area contributed by atoms with E-state index in [0.29, 0.717) is 30.6 Å². The van der Waals surface area contributed by atoms with E-state index < -0.39 is 0 Å². The van der Waals surface area contributed by atoms with Gasteiger partial charge in [-0.1, -0.05) is 6.07 Å². The monoisotopic (exact) mass is 235 g/mol. The number of phenolic OH excluding ortho intramolecular Hbond substituents is 1. The van der Waals surface area contributed by atoms with Crippen LogP contribution in [0.1, 0.15) is 24.3 Å². The Bertz CT molecular complexity index is 413. The molecule has 4 heteroatoms. The summed E-state index contributed by atoms with van der Waals surface area (Å²) in [7, 11) is 0. The highest BCUT2D eigenvalue weighted by Gasteiger charge is 2.24. The van der Waals surface area contributed by atoms with Gasteiger partial charge in [0.1, 0.15) is 13.2 Å². The second-order valence-corrected chi connectivity index (χ2v) is 4.55. The van der Waals surface area contributed by atoms with Crippen molar-refractivity contribution in [1.82, 2.24) is 5.32 Å². The number of aromatic hydroxyl groups is 1. The highest BCUT2D eigenvalue weighted by Crippen LogP contribution is 2.44. The molecule has 0 amide bonds. The van der Waals surface area contributed by atoms with Crippen LogP contribution in [0, 0.1) is 0 Å². The molecule has 4 nitrogen and oxygen atoms in total. The SMILES string of the molecule is Oc1c(C2CCNCC2)ccc2c1OCCO2. The van der Waals surface area contributed by atoms with E-state index in [9.17, 15) is 5.11 Å². The number of hydrogen-bond donors (Lipinski definition) is 2. The first kappa shape index (κ1) is 10.7. The van der Waals surface area contributed by atoms with Gasteiger partial charge in [-0.3, -0.25) is 0 Å². The van der Waals surface area contributed by atoms with Crippen LogP contribution in [0.15, 0.2) is 12.1 Å². The van der Waals surface area contributed by atoms with Gasteiger partial charge in [0, 0.05) is 5.56 Å². The Balaban J connectivity index is 1.94. The minimum Gasteiger partial charge on any atom is -0.504 e. The molecule has 3 rings (SSSR count). The van der Waals surface area contributed by atoms with E-state index in [1.54, 1.807) is 0 Å². The topological polar surface area (TPSA) is 50.7 Å². The third kappa shape index (κ3) is 1.93. The van der Waals surface area contributed by atoms with Gasteiger partial charge in [0.2, 0.25) is 5.75 Å². The molecule has 1 aromatic rings. The van der Waals surface area contributed by atoms with Crippen LogP contribution in [0.3, 0.4) is 0 Å². The Morgan fingerprint density at radius 1 is 1.12 bits per heavy atom. The molecule has 17 heavy (non-hydrogen) atoms. The summed E-state index contributed by atoms with van der Waals surface area (Å²) >= 11 is 0. The Labute approximate surface area is 101 Å². The molecule has 2 aliphatic heterocycles. The number of rotatable bonds is 1. The van der Waals surface area contributed by atoms with Crippen molar-refractivity contribution in [3.8, 4) is 17.2 Å². The van der Waals surface area contributed by atoms with Crippen LogP contribution in [0.4, 0.5) is 0 Å². The molecule has 0 atom stereocenters. The molecule has 0 bridgehead atoms. The van der Waals surface area contributed by atoms with Crippen LogP contribution in [-0.4, -0.2) is 31.4 Å². The minimum absolute atomic E-state index is 0.272. The summed E-state index contributed by atoms with van der Waals surface area (Å²) in [5.41, 5.74) is 0.996. The van der Waals surface area contributed by atoms with E-state index in [4.69, 9.17) is 9.47 Å².